The second-order valence-corrected chi connectivity index (χ2v) is 6.21. The van der Waals surface area contributed by atoms with E-state index in [1.807, 2.05) is 4.90 Å². The number of carbonyl (C=O) groups is 3. The van der Waals surface area contributed by atoms with Crippen LogP contribution in [0.3, 0.4) is 0 Å². The zero-order valence-corrected chi connectivity index (χ0v) is 13.3. The van der Waals surface area contributed by atoms with E-state index in [9.17, 15) is 18.8 Å². The quantitative estimate of drug-likeness (QED) is 0.801. The Bertz CT molecular complexity index is 686. The van der Waals surface area contributed by atoms with E-state index in [1.165, 1.54) is 25.2 Å². The van der Waals surface area contributed by atoms with Crippen molar-refractivity contribution in [1.82, 2.24) is 15.1 Å². The maximum Gasteiger partial charge on any atom is 0.324 e. The van der Waals surface area contributed by atoms with E-state index < -0.39 is 11.4 Å². The molecule has 2 aliphatic rings. The van der Waals surface area contributed by atoms with E-state index in [0.29, 0.717) is 31.6 Å². The van der Waals surface area contributed by atoms with E-state index >= 15 is 0 Å². The minimum atomic E-state index is -0.832. The van der Waals surface area contributed by atoms with Crippen LogP contribution in [0.4, 0.5) is 14.9 Å². The molecule has 0 radical (unpaired) electrons. The highest BCUT2D eigenvalue weighted by atomic mass is 19.1. The Labute approximate surface area is 138 Å². The summed E-state index contributed by atoms with van der Waals surface area (Å²) in [5.74, 6) is -0.862. The second kappa shape index (κ2) is 6.20. The Hall–Kier alpha value is -2.48. The van der Waals surface area contributed by atoms with Gasteiger partial charge in [-0.05, 0) is 31.0 Å². The molecular weight excluding hydrogens is 315 g/mol. The molecule has 2 heterocycles. The van der Waals surface area contributed by atoms with Gasteiger partial charge >= 0.3 is 6.03 Å². The number of hydrogen-bond acceptors (Lipinski definition) is 4. The molecule has 128 valence electrons. The molecular formula is C16H19FN4O3. The SMILES string of the molecule is CN1C(=O)NC2(CCN(CC(=O)Nc3cccc(F)c3)CC2)C1=O. The molecule has 4 amide bonds. The van der Waals surface area contributed by atoms with Gasteiger partial charge in [0.2, 0.25) is 5.91 Å². The summed E-state index contributed by atoms with van der Waals surface area (Å²) in [5, 5.41) is 5.41. The number of nitrogens with one attached hydrogen (secondary N) is 2. The average molecular weight is 334 g/mol. The molecule has 2 fully saturated rings. The van der Waals surface area contributed by atoms with E-state index in [1.54, 1.807) is 6.07 Å². The van der Waals surface area contributed by atoms with Crippen molar-refractivity contribution in [3.05, 3.63) is 30.1 Å². The van der Waals surface area contributed by atoms with Crippen LogP contribution in [0.5, 0.6) is 0 Å². The van der Waals surface area contributed by atoms with Crippen molar-refractivity contribution in [1.29, 1.82) is 0 Å². The fourth-order valence-corrected chi connectivity index (χ4v) is 3.16. The second-order valence-electron chi connectivity index (χ2n) is 6.21. The van der Waals surface area contributed by atoms with Gasteiger partial charge in [0.25, 0.3) is 5.91 Å². The normalized spacial score (nSPS) is 20.3. The molecule has 0 bridgehead atoms. The van der Waals surface area contributed by atoms with Crippen molar-refractivity contribution in [3.63, 3.8) is 0 Å². The Morgan fingerprint density at radius 1 is 1.33 bits per heavy atom. The minimum absolute atomic E-state index is 0.157. The minimum Gasteiger partial charge on any atom is -0.325 e. The predicted molar refractivity (Wildman–Crippen MR) is 84.7 cm³/mol. The van der Waals surface area contributed by atoms with Crippen LogP contribution in [-0.4, -0.2) is 59.9 Å². The van der Waals surface area contributed by atoms with Gasteiger partial charge < -0.3 is 10.6 Å². The summed E-state index contributed by atoms with van der Waals surface area (Å²) in [5.41, 5.74) is -0.421. The first-order valence-corrected chi connectivity index (χ1v) is 7.78. The summed E-state index contributed by atoms with van der Waals surface area (Å²) in [4.78, 5) is 38.9. The van der Waals surface area contributed by atoms with Gasteiger partial charge in [-0.2, -0.15) is 0 Å². The Morgan fingerprint density at radius 3 is 2.62 bits per heavy atom. The van der Waals surface area contributed by atoms with Crippen molar-refractivity contribution < 1.29 is 18.8 Å². The summed E-state index contributed by atoms with van der Waals surface area (Å²) in [6.45, 7) is 1.21. The van der Waals surface area contributed by atoms with Gasteiger partial charge in [0.1, 0.15) is 11.4 Å². The number of nitrogens with zero attached hydrogens (tertiary/aromatic N) is 2. The molecule has 0 atom stereocenters. The third-order valence-corrected chi connectivity index (χ3v) is 4.55. The number of rotatable bonds is 3. The van der Waals surface area contributed by atoms with Crippen LogP contribution in [0.15, 0.2) is 24.3 Å². The topological polar surface area (TPSA) is 81.8 Å². The molecule has 1 spiro atoms. The number of likely N-dealkylation sites (N-methyl/N-ethyl adjacent to an activating group) is 1. The zero-order chi connectivity index (χ0) is 17.3. The van der Waals surface area contributed by atoms with Crippen LogP contribution in [0.2, 0.25) is 0 Å². The number of imide groups is 1. The molecule has 1 aromatic rings. The van der Waals surface area contributed by atoms with Crippen LogP contribution >= 0.6 is 0 Å². The number of piperidine rings is 1. The van der Waals surface area contributed by atoms with Crippen molar-refractivity contribution in [2.75, 3.05) is 32.0 Å². The lowest BCUT2D eigenvalue weighted by atomic mass is 9.87. The van der Waals surface area contributed by atoms with Crippen LogP contribution in [0.1, 0.15) is 12.8 Å². The largest absolute Gasteiger partial charge is 0.325 e. The van der Waals surface area contributed by atoms with Gasteiger partial charge in [0.15, 0.2) is 0 Å². The first-order valence-electron chi connectivity index (χ1n) is 7.78. The predicted octanol–water partition coefficient (Wildman–Crippen LogP) is 0.780. The molecule has 0 unspecified atom stereocenters. The van der Waals surface area contributed by atoms with Gasteiger partial charge in [0.05, 0.1) is 6.54 Å². The lowest BCUT2D eigenvalue weighted by Crippen LogP contribution is -2.55. The van der Waals surface area contributed by atoms with Crippen LogP contribution in [0.25, 0.3) is 0 Å². The fourth-order valence-electron chi connectivity index (χ4n) is 3.16. The molecule has 8 heteroatoms. The van der Waals surface area contributed by atoms with Gasteiger partial charge in [-0.1, -0.05) is 6.07 Å². The maximum absolute atomic E-state index is 13.1. The molecule has 2 saturated heterocycles. The maximum atomic E-state index is 13.1. The first kappa shape index (κ1) is 16.4. The summed E-state index contributed by atoms with van der Waals surface area (Å²) >= 11 is 0. The lowest BCUT2D eigenvalue weighted by Gasteiger charge is -2.36. The number of urea groups is 1. The Kier molecular flexibility index (Phi) is 4.23. The lowest BCUT2D eigenvalue weighted by molar-refractivity contribution is -0.132. The van der Waals surface area contributed by atoms with Crippen molar-refractivity contribution >= 4 is 23.5 Å². The highest BCUT2D eigenvalue weighted by Crippen LogP contribution is 2.28. The van der Waals surface area contributed by atoms with Gasteiger partial charge in [-0.15, -0.1) is 0 Å². The highest BCUT2D eigenvalue weighted by molar-refractivity contribution is 6.06. The molecule has 3 rings (SSSR count). The van der Waals surface area contributed by atoms with Gasteiger partial charge in [-0.25, -0.2) is 9.18 Å². The third-order valence-electron chi connectivity index (χ3n) is 4.55. The number of anilines is 1. The third kappa shape index (κ3) is 3.09. The number of likely N-dealkylation sites (tertiary alicyclic amines) is 1. The summed E-state index contributed by atoms with van der Waals surface area (Å²) in [6.07, 6.45) is 0.935. The molecule has 24 heavy (non-hydrogen) atoms. The number of benzene rings is 1. The van der Waals surface area contributed by atoms with E-state index in [4.69, 9.17) is 0 Å². The molecule has 2 aliphatic heterocycles. The molecule has 0 saturated carbocycles. The highest BCUT2D eigenvalue weighted by Gasteiger charge is 2.50. The van der Waals surface area contributed by atoms with E-state index in [2.05, 4.69) is 10.6 Å². The van der Waals surface area contributed by atoms with E-state index in [-0.39, 0.29) is 24.4 Å². The Morgan fingerprint density at radius 2 is 2.04 bits per heavy atom. The summed E-state index contributed by atoms with van der Waals surface area (Å²) in [6, 6.07) is 5.34. The van der Waals surface area contributed by atoms with Crippen molar-refractivity contribution in [2.24, 2.45) is 0 Å². The van der Waals surface area contributed by atoms with Crippen LogP contribution in [-0.2, 0) is 9.59 Å². The molecule has 0 aliphatic carbocycles. The first-order chi connectivity index (χ1) is 11.4. The molecule has 0 aromatic heterocycles. The van der Waals surface area contributed by atoms with Gasteiger partial charge in [-0.3, -0.25) is 19.4 Å². The standard InChI is InChI=1S/C16H19FN4O3/c1-20-14(23)16(19-15(20)24)5-7-21(8-6-16)10-13(22)18-12-4-2-3-11(17)9-12/h2-4,9H,5-8,10H2,1H3,(H,18,22)(H,19,24). The van der Waals surface area contributed by atoms with E-state index in [0.717, 1.165) is 4.90 Å². The summed E-state index contributed by atoms with van der Waals surface area (Å²) in [7, 11) is 1.46. The van der Waals surface area contributed by atoms with Gasteiger partial charge in [0, 0.05) is 25.8 Å². The van der Waals surface area contributed by atoms with Crippen LogP contribution in [0, 0.1) is 5.82 Å². The molecule has 2 N–H and O–H groups in total. The zero-order valence-electron chi connectivity index (χ0n) is 13.3. The Balaban J connectivity index is 1.53. The van der Waals surface area contributed by atoms with Crippen molar-refractivity contribution in [3.8, 4) is 0 Å². The number of amides is 4. The smallest absolute Gasteiger partial charge is 0.324 e. The molecule has 1 aromatic carbocycles. The number of carbonyl (C=O) groups excluding carboxylic acids is 3. The fraction of sp³-hybridized carbons (Fsp3) is 0.438. The van der Waals surface area contributed by atoms with Crippen LogP contribution < -0.4 is 10.6 Å². The van der Waals surface area contributed by atoms with Crippen molar-refractivity contribution in [2.45, 2.75) is 18.4 Å². The monoisotopic (exact) mass is 334 g/mol. The average Bonchev–Trinajstić information content (AvgIpc) is 2.74. The summed E-state index contributed by atoms with van der Waals surface area (Å²) < 4.78 is 13.1. The molecule has 7 nitrogen and oxygen atoms in total. The number of hydrogen-bond donors (Lipinski definition) is 2. The number of halogens is 1.